The van der Waals surface area contributed by atoms with Crippen LogP contribution in [0.2, 0.25) is 0 Å². The van der Waals surface area contributed by atoms with Gasteiger partial charge >= 0.3 is 0 Å². The highest BCUT2D eigenvalue weighted by molar-refractivity contribution is 7.92. The van der Waals surface area contributed by atoms with Crippen LogP contribution in [-0.2, 0) is 10.0 Å². The lowest BCUT2D eigenvalue weighted by Gasteiger charge is -2.14. The van der Waals surface area contributed by atoms with Crippen molar-refractivity contribution in [1.82, 2.24) is 15.0 Å². The second-order valence-electron chi connectivity index (χ2n) is 8.32. The summed E-state index contributed by atoms with van der Waals surface area (Å²) in [5.74, 6) is -1.77. The molecule has 0 aliphatic carbocycles. The molecule has 210 valence electrons. The summed E-state index contributed by atoms with van der Waals surface area (Å²) >= 11 is 0. The molecule has 3 heterocycles. The molecule has 3 N–H and O–H groups in total. The van der Waals surface area contributed by atoms with Crippen molar-refractivity contribution in [3.63, 3.8) is 0 Å². The van der Waals surface area contributed by atoms with Crippen LogP contribution in [0.25, 0.3) is 16.8 Å². The van der Waals surface area contributed by atoms with E-state index in [2.05, 4.69) is 30.3 Å². The van der Waals surface area contributed by atoms with Crippen molar-refractivity contribution in [3.8, 4) is 23.2 Å². The molecule has 0 bridgehead atoms. The predicted molar refractivity (Wildman–Crippen MR) is 151 cm³/mol. The Morgan fingerprint density at radius 3 is 2.27 bits per heavy atom. The number of ether oxygens (including phenoxy) is 1. The summed E-state index contributed by atoms with van der Waals surface area (Å²) in [5.41, 5.74) is 1.65. The van der Waals surface area contributed by atoms with Crippen LogP contribution >= 0.6 is 0 Å². The third-order valence-corrected chi connectivity index (χ3v) is 7.24. The van der Waals surface area contributed by atoms with Crippen LogP contribution in [0.1, 0.15) is 32.0 Å². The number of nitrogens with zero attached hydrogens (tertiary/aromatic N) is 4. The van der Waals surface area contributed by atoms with Crippen LogP contribution in [0.3, 0.4) is 0 Å². The third kappa shape index (κ3) is 5.78. The van der Waals surface area contributed by atoms with Crippen LogP contribution in [0.5, 0.6) is 5.88 Å². The molecule has 0 amide bonds. The van der Waals surface area contributed by atoms with E-state index >= 15 is 4.39 Å². The number of sulfonamides is 1. The summed E-state index contributed by atoms with van der Waals surface area (Å²) < 4.78 is 63.3. The van der Waals surface area contributed by atoms with Crippen LogP contribution < -0.4 is 20.1 Å². The largest absolute Gasteiger partial charge is 0.480 e. The fourth-order valence-corrected chi connectivity index (χ4v) is 5.08. The molecule has 2 aromatic carbocycles. The number of hydrogen-bond donors (Lipinski definition) is 3. The highest BCUT2D eigenvalue weighted by Crippen LogP contribution is 2.34. The number of nitrogens with one attached hydrogen (secondary N) is 3. The Morgan fingerprint density at radius 1 is 1.00 bits per heavy atom. The van der Waals surface area contributed by atoms with Gasteiger partial charge in [-0.25, -0.2) is 22.2 Å². The van der Waals surface area contributed by atoms with Gasteiger partial charge in [0.2, 0.25) is 5.88 Å². The molecule has 0 unspecified atom stereocenters. The van der Waals surface area contributed by atoms with Crippen molar-refractivity contribution < 1.29 is 21.9 Å². The van der Waals surface area contributed by atoms with Gasteiger partial charge in [0.15, 0.2) is 10.7 Å². The zero-order valence-corrected chi connectivity index (χ0v) is 23.3. The molecule has 5 rings (SSSR count). The Balaban J connectivity index is 0.00000189. The zero-order chi connectivity index (χ0) is 29.7. The van der Waals surface area contributed by atoms with E-state index in [0.29, 0.717) is 11.5 Å². The Bertz CT molecular complexity index is 1760. The standard InChI is InChI=1S/C26H19F2N7O3S.C2H6/c1-14(25-33-17-5-3-4-6-18(17)34-25)20-12-31-21(13-30-20)23-16(27)7-8-19(24(23)28)35-39(36,37)22-9-15(10-29)11-32-26(22)38-2;1-2/h3-9,11-13,33-35H,1-2H3;1-2H3. The summed E-state index contributed by atoms with van der Waals surface area (Å²) in [5, 5.41) is 15.6. The molecule has 0 radical (unpaired) electrons. The first-order valence-corrected chi connectivity index (χ1v) is 13.8. The number of methoxy groups -OCH3 is 1. The van der Waals surface area contributed by atoms with E-state index in [1.807, 2.05) is 45.0 Å². The number of rotatable bonds is 6. The van der Waals surface area contributed by atoms with Gasteiger partial charge in [0, 0.05) is 11.8 Å². The SMILES string of the molecule is CC.COc1ncc(C#N)cc1S(=O)(=O)Nc1ccc(F)c(-c2cnc(C(C)=C3Nc4ccccc4N3)cn2)c1F. The van der Waals surface area contributed by atoms with E-state index in [-0.39, 0.29) is 17.1 Å². The van der Waals surface area contributed by atoms with Crippen LogP contribution in [0, 0.1) is 23.0 Å². The fraction of sp³-hybridized carbons (Fsp3) is 0.143. The lowest BCUT2D eigenvalue weighted by molar-refractivity contribution is 0.385. The molecule has 2 aromatic heterocycles. The number of pyridine rings is 1. The molecule has 1 aliphatic heterocycles. The molecule has 0 saturated heterocycles. The summed E-state index contributed by atoms with van der Waals surface area (Å²) in [6.45, 7) is 5.81. The molecule has 0 fully saturated rings. The first-order chi connectivity index (χ1) is 19.7. The van der Waals surface area contributed by atoms with Gasteiger partial charge in [-0.1, -0.05) is 26.0 Å². The third-order valence-electron chi connectivity index (χ3n) is 5.88. The Hall–Kier alpha value is -5.09. The number of aromatic nitrogens is 3. The second kappa shape index (κ2) is 12.0. The lowest BCUT2D eigenvalue weighted by Crippen LogP contribution is -2.16. The number of anilines is 3. The fourth-order valence-electron chi connectivity index (χ4n) is 3.87. The van der Waals surface area contributed by atoms with Crippen molar-refractivity contribution in [3.05, 3.63) is 89.8 Å². The van der Waals surface area contributed by atoms with Crippen molar-refractivity contribution in [1.29, 1.82) is 5.26 Å². The van der Waals surface area contributed by atoms with E-state index in [1.165, 1.54) is 19.5 Å². The predicted octanol–water partition coefficient (Wildman–Crippen LogP) is 5.75. The molecule has 41 heavy (non-hydrogen) atoms. The minimum Gasteiger partial charge on any atom is -0.480 e. The van der Waals surface area contributed by atoms with E-state index in [0.717, 1.165) is 41.3 Å². The maximum atomic E-state index is 15.5. The average Bonchev–Trinajstić information content (AvgIpc) is 3.44. The Morgan fingerprint density at radius 2 is 1.68 bits per heavy atom. The number of fused-ring (bicyclic) bond motifs is 1. The monoisotopic (exact) mass is 577 g/mol. The maximum Gasteiger partial charge on any atom is 0.267 e. The van der Waals surface area contributed by atoms with Gasteiger partial charge in [0.1, 0.15) is 17.7 Å². The molecule has 0 spiro atoms. The summed E-state index contributed by atoms with van der Waals surface area (Å²) in [4.78, 5) is 11.8. The van der Waals surface area contributed by atoms with E-state index in [9.17, 15) is 12.8 Å². The summed E-state index contributed by atoms with van der Waals surface area (Å²) in [6.07, 6.45) is 3.69. The molecule has 0 saturated carbocycles. The van der Waals surface area contributed by atoms with Crippen molar-refractivity contribution in [2.24, 2.45) is 0 Å². The zero-order valence-electron chi connectivity index (χ0n) is 22.5. The molecule has 0 atom stereocenters. The number of allylic oxidation sites excluding steroid dienone is 1. The van der Waals surface area contributed by atoms with Gasteiger partial charge in [-0.2, -0.15) is 5.26 Å². The summed E-state index contributed by atoms with van der Waals surface area (Å²) in [6, 6.07) is 12.3. The topological polar surface area (TPSA) is 142 Å². The van der Waals surface area contributed by atoms with Gasteiger partial charge in [-0.3, -0.25) is 14.7 Å². The van der Waals surface area contributed by atoms with E-state index in [1.54, 1.807) is 6.07 Å². The van der Waals surface area contributed by atoms with Gasteiger partial charge in [0.25, 0.3) is 10.0 Å². The Kier molecular flexibility index (Phi) is 8.44. The number of para-hydroxylation sites is 2. The van der Waals surface area contributed by atoms with Crippen LogP contribution in [0.15, 0.2) is 71.8 Å². The van der Waals surface area contributed by atoms with Gasteiger partial charge < -0.3 is 15.4 Å². The highest BCUT2D eigenvalue weighted by Gasteiger charge is 2.26. The Labute approximate surface area is 235 Å². The van der Waals surface area contributed by atoms with Gasteiger partial charge in [0.05, 0.1) is 59.1 Å². The normalized spacial score (nSPS) is 11.7. The average molecular weight is 578 g/mol. The molecule has 4 aromatic rings. The van der Waals surface area contributed by atoms with Crippen molar-refractivity contribution in [2.75, 3.05) is 22.5 Å². The number of hydrogen-bond acceptors (Lipinski definition) is 9. The maximum absolute atomic E-state index is 15.5. The van der Waals surface area contributed by atoms with E-state index < -0.39 is 37.8 Å². The summed E-state index contributed by atoms with van der Waals surface area (Å²) in [7, 11) is -3.28. The van der Waals surface area contributed by atoms with Crippen molar-refractivity contribution >= 4 is 32.7 Å². The quantitative estimate of drug-likeness (QED) is 0.261. The molecular formula is C28H25F2N7O3S. The van der Waals surface area contributed by atoms with Crippen LogP contribution in [0.4, 0.5) is 25.8 Å². The molecule has 1 aliphatic rings. The first-order valence-electron chi connectivity index (χ1n) is 12.3. The van der Waals surface area contributed by atoms with Gasteiger partial charge in [-0.05, 0) is 37.3 Å². The van der Waals surface area contributed by atoms with E-state index in [4.69, 9.17) is 10.00 Å². The molecule has 10 nitrogen and oxygen atoms in total. The number of benzene rings is 2. The highest BCUT2D eigenvalue weighted by atomic mass is 32.2. The minimum atomic E-state index is -4.48. The number of nitriles is 1. The second-order valence-corrected chi connectivity index (χ2v) is 9.97. The molecule has 13 heteroatoms. The number of halogens is 2. The lowest BCUT2D eigenvalue weighted by atomic mass is 10.1. The minimum absolute atomic E-state index is 0.0519. The first kappa shape index (κ1) is 28.9. The molecular weight excluding hydrogens is 552 g/mol. The van der Waals surface area contributed by atoms with Crippen LogP contribution in [-0.4, -0.2) is 30.5 Å². The van der Waals surface area contributed by atoms with Gasteiger partial charge in [-0.15, -0.1) is 0 Å². The smallest absolute Gasteiger partial charge is 0.267 e. The van der Waals surface area contributed by atoms with Crippen molar-refractivity contribution in [2.45, 2.75) is 25.7 Å².